The van der Waals surface area contributed by atoms with Gasteiger partial charge in [-0.15, -0.1) is 0 Å². The van der Waals surface area contributed by atoms with Gasteiger partial charge in [0.1, 0.15) is 5.69 Å². The fourth-order valence-corrected chi connectivity index (χ4v) is 1.44. The number of methoxy groups -OCH3 is 1. The molecule has 1 aromatic heterocycles. The van der Waals surface area contributed by atoms with Gasteiger partial charge >= 0.3 is 0 Å². The summed E-state index contributed by atoms with van der Waals surface area (Å²) in [6, 6.07) is 0.813. The molecule has 0 saturated heterocycles. The maximum absolute atomic E-state index is 11.7. The number of carbonyl (C=O) groups excluding carboxylic acids is 1. The van der Waals surface area contributed by atoms with Gasteiger partial charge in [0.15, 0.2) is 0 Å². The molecule has 1 aromatic rings. The van der Waals surface area contributed by atoms with Crippen molar-refractivity contribution in [3.63, 3.8) is 0 Å². The van der Waals surface area contributed by atoms with Gasteiger partial charge in [0, 0.05) is 19.8 Å². The molecule has 0 spiro atoms. The molecule has 1 atom stereocenters. The number of aromatic nitrogens is 1. The summed E-state index contributed by atoms with van der Waals surface area (Å²) in [7, 11) is 1.48. The number of carbonyl (C=O) groups is 1. The summed E-state index contributed by atoms with van der Waals surface area (Å²) in [4.78, 5) is 24.1. The van der Waals surface area contributed by atoms with Crippen LogP contribution in [0.1, 0.15) is 16.9 Å². The van der Waals surface area contributed by atoms with Crippen LogP contribution in [-0.2, 0) is 4.74 Å². The van der Waals surface area contributed by atoms with E-state index in [0.29, 0.717) is 6.42 Å². The number of nitro groups is 1. The fourth-order valence-electron chi connectivity index (χ4n) is 1.44. The summed E-state index contributed by atoms with van der Waals surface area (Å²) < 4.78 is 4.89. The minimum atomic E-state index is -0.590. The first-order valence-corrected chi connectivity index (χ1v) is 5.32. The molecule has 0 radical (unpaired) electrons. The molecular formula is C10H15N3O5. The first-order valence-electron chi connectivity index (χ1n) is 5.32. The van der Waals surface area contributed by atoms with Crippen LogP contribution in [-0.4, -0.2) is 47.3 Å². The number of rotatable bonds is 7. The normalized spacial score (nSPS) is 12.1. The van der Waals surface area contributed by atoms with Crippen LogP contribution in [0.2, 0.25) is 0 Å². The van der Waals surface area contributed by atoms with E-state index in [0.717, 1.165) is 12.3 Å². The number of H-pyrrole nitrogens is 1. The van der Waals surface area contributed by atoms with Crippen molar-refractivity contribution in [1.82, 2.24) is 10.3 Å². The Bertz CT molecular complexity index is 411. The number of aliphatic hydroxyl groups is 1. The summed E-state index contributed by atoms with van der Waals surface area (Å²) >= 11 is 0. The van der Waals surface area contributed by atoms with Crippen molar-refractivity contribution < 1.29 is 19.6 Å². The Morgan fingerprint density at radius 3 is 2.94 bits per heavy atom. The number of hydrogen-bond acceptors (Lipinski definition) is 5. The zero-order valence-electron chi connectivity index (χ0n) is 9.88. The van der Waals surface area contributed by atoms with Gasteiger partial charge in [0.05, 0.1) is 23.8 Å². The van der Waals surface area contributed by atoms with Crippen molar-refractivity contribution in [3.8, 4) is 0 Å². The molecule has 1 heterocycles. The van der Waals surface area contributed by atoms with Gasteiger partial charge in [0.2, 0.25) is 0 Å². The van der Waals surface area contributed by atoms with Gasteiger partial charge in [-0.2, -0.15) is 0 Å². The first-order chi connectivity index (χ1) is 8.58. The van der Waals surface area contributed by atoms with Crippen molar-refractivity contribution in [1.29, 1.82) is 0 Å². The molecular weight excluding hydrogens is 242 g/mol. The van der Waals surface area contributed by atoms with E-state index in [1.54, 1.807) is 0 Å². The van der Waals surface area contributed by atoms with Crippen LogP contribution in [0.5, 0.6) is 0 Å². The Hall–Kier alpha value is -1.93. The highest BCUT2D eigenvalue weighted by molar-refractivity contribution is 5.93. The predicted octanol–water partition coefficient (Wildman–Crippen LogP) is 0.0501. The lowest BCUT2D eigenvalue weighted by atomic mass is 10.2. The number of ether oxygens (including phenoxy) is 1. The lowest BCUT2D eigenvalue weighted by molar-refractivity contribution is -0.384. The highest BCUT2D eigenvalue weighted by Crippen LogP contribution is 2.12. The average molecular weight is 257 g/mol. The molecule has 1 unspecified atom stereocenters. The van der Waals surface area contributed by atoms with Crippen molar-refractivity contribution in [3.05, 3.63) is 28.1 Å². The molecule has 8 nitrogen and oxygen atoms in total. The molecule has 0 aliphatic heterocycles. The Morgan fingerprint density at radius 2 is 2.44 bits per heavy atom. The second kappa shape index (κ2) is 6.72. The average Bonchev–Trinajstić information content (AvgIpc) is 2.79. The zero-order valence-corrected chi connectivity index (χ0v) is 9.88. The molecule has 0 saturated carbocycles. The highest BCUT2D eigenvalue weighted by atomic mass is 16.6. The van der Waals surface area contributed by atoms with E-state index >= 15 is 0 Å². The van der Waals surface area contributed by atoms with E-state index in [4.69, 9.17) is 9.84 Å². The third-order valence-corrected chi connectivity index (χ3v) is 2.30. The third kappa shape index (κ3) is 3.82. The van der Waals surface area contributed by atoms with Crippen LogP contribution in [0.15, 0.2) is 12.3 Å². The number of nitrogens with zero attached hydrogens (tertiary/aromatic N) is 1. The minimum absolute atomic E-state index is 0.0841. The summed E-state index contributed by atoms with van der Waals surface area (Å²) in [5.74, 6) is -0.474. The van der Waals surface area contributed by atoms with Crippen molar-refractivity contribution in [2.24, 2.45) is 0 Å². The number of aliphatic hydroxyl groups excluding tert-OH is 1. The van der Waals surface area contributed by atoms with E-state index in [2.05, 4.69) is 10.3 Å². The minimum Gasteiger partial charge on any atom is -0.396 e. The number of nitrogens with one attached hydrogen (secondary N) is 2. The second-order valence-corrected chi connectivity index (χ2v) is 3.67. The van der Waals surface area contributed by atoms with E-state index in [1.165, 1.54) is 7.11 Å². The van der Waals surface area contributed by atoms with Crippen molar-refractivity contribution in [2.75, 3.05) is 20.3 Å². The predicted molar refractivity (Wildman–Crippen MR) is 62.3 cm³/mol. The zero-order chi connectivity index (χ0) is 13.5. The van der Waals surface area contributed by atoms with Gasteiger partial charge in [-0.1, -0.05) is 0 Å². The van der Waals surface area contributed by atoms with Gasteiger partial charge in [0.25, 0.3) is 11.6 Å². The quantitative estimate of drug-likeness (QED) is 0.471. The van der Waals surface area contributed by atoms with Crippen LogP contribution in [0.4, 0.5) is 5.69 Å². The SMILES string of the molecule is COCC(CCO)NC(=O)c1cc([N+](=O)[O-])c[nH]1. The molecule has 0 aliphatic rings. The maximum Gasteiger partial charge on any atom is 0.287 e. The molecule has 8 heteroatoms. The summed E-state index contributed by atoms with van der Waals surface area (Å²) in [5.41, 5.74) is -0.0775. The first kappa shape index (κ1) is 14.1. The van der Waals surface area contributed by atoms with Crippen LogP contribution >= 0.6 is 0 Å². The van der Waals surface area contributed by atoms with E-state index in [1.807, 2.05) is 0 Å². The lowest BCUT2D eigenvalue weighted by Crippen LogP contribution is -2.38. The van der Waals surface area contributed by atoms with Crippen LogP contribution < -0.4 is 5.32 Å². The number of aromatic amines is 1. The van der Waals surface area contributed by atoms with E-state index in [9.17, 15) is 14.9 Å². The van der Waals surface area contributed by atoms with E-state index in [-0.39, 0.29) is 30.6 Å². The smallest absolute Gasteiger partial charge is 0.287 e. The number of hydrogen-bond donors (Lipinski definition) is 3. The summed E-state index contributed by atoms with van der Waals surface area (Å²) in [6.07, 6.45) is 1.49. The Labute approximate surface area is 103 Å². The molecule has 0 aliphatic carbocycles. The standard InChI is InChI=1S/C10H15N3O5/c1-18-6-7(2-3-14)12-10(15)9-4-8(5-11-9)13(16)17/h4-5,7,11,14H,2-3,6H2,1H3,(H,12,15). The summed E-state index contributed by atoms with van der Waals surface area (Å²) in [6.45, 7) is 0.175. The monoisotopic (exact) mass is 257 g/mol. The Kier molecular flexibility index (Phi) is 5.28. The van der Waals surface area contributed by atoms with Gasteiger partial charge in [-0.3, -0.25) is 14.9 Å². The topological polar surface area (TPSA) is 117 Å². The molecule has 1 rings (SSSR count). The van der Waals surface area contributed by atoms with Crippen molar-refractivity contribution >= 4 is 11.6 Å². The Balaban J connectivity index is 2.64. The Morgan fingerprint density at radius 1 is 1.72 bits per heavy atom. The third-order valence-electron chi connectivity index (χ3n) is 2.30. The molecule has 18 heavy (non-hydrogen) atoms. The molecule has 0 bridgehead atoms. The van der Waals surface area contributed by atoms with E-state index < -0.39 is 10.8 Å². The fraction of sp³-hybridized carbons (Fsp3) is 0.500. The largest absolute Gasteiger partial charge is 0.396 e. The van der Waals surface area contributed by atoms with Gasteiger partial charge in [-0.05, 0) is 6.42 Å². The van der Waals surface area contributed by atoms with Gasteiger partial charge < -0.3 is 20.1 Å². The lowest BCUT2D eigenvalue weighted by Gasteiger charge is -2.15. The number of amides is 1. The molecule has 3 N–H and O–H groups in total. The second-order valence-electron chi connectivity index (χ2n) is 3.67. The van der Waals surface area contributed by atoms with Gasteiger partial charge in [-0.25, -0.2) is 0 Å². The molecule has 1 amide bonds. The summed E-state index contributed by atoms with van der Waals surface area (Å²) in [5, 5.41) is 21.9. The molecule has 0 aromatic carbocycles. The van der Waals surface area contributed by atoms with Crippen LogP contribution in [0, 0.1) is 10.1 Å². The molecule has 0 fully saturated rings. The highest BCUT2D eigenvalue weighted by Gasteiger charge is 2.17. The van der Waals surface area contributed by atoms with Crippen LogP contribution in [0.3, 0.4) is 0 Å². The molecule has 100 valence electrons. The van der Waals surface area contributed by atoms with Crippen molar-refractivity contribution in [2.45, 2.75) is 12.5 Å². The van der Waals surface area contributed by atoms with Crippen LogP contribution in [0.25, 0.3) is 0 Å². The maximum atomic E-state index is 11.7.